The molecule has 0 aromatic heterocycles. The molecule has 1 amide bonds. The van der Waals surface area contributed by atoms with Crippen LogP contribution in [-0.4, -0.2) is 41.7 Å². The van der Waals surface area contributed by atoms with Gasteiger partial charge in [0.05, 0.1) is 0 Å². The highest BCUT2D eigenvalue weighted by Crippen LogP contribution is 2.60. The first-order chi connectivity index (χ1) is 13.6. The Morgan fingerprint density at radius 3 is 1.55 bits per heavy atom. The molecule has 1 aromatic carbocycles. The van der Waals surface area contributed by atoms with Crippen molar-refractivity contribution in [2.75, 3.05) is 5.32 Å². The third-order valence-electron chi connectivity index (χ3n) is 4.05. The fraction of sp³-hybridized carbons (Fsp3) is 0.562. The van der Waals surface area contributed by atoms with Crippen LogP contribution in [0.1, 0.15) is 25.3 Å². The summed E-state index contributed by atoms with van der Waals surface area (Å²) >= 11 is 0. The van der Waals surface area contributed by atoms with Gasteiger partial charge in [0.25, 0.3) is 0 Å². The van der Waals surface area contributed by atoms with Gasteiger partial charge < -0.3 is 5.32 Å². The van der Waals surface area contributed by atoms with Crippen LogP contribution in [0.2, 0.25) is 0 Å². The van der Waals surface area contributed by atoms with E-state index in [1.807, 2.05) is 0 Å². The van der Waals surface area contributed by atoms with Gasteiger partial charge in [-0.3, -0.25) is 4.79 Å². The van der Waals surface area contributed by atoms with E-state index in [2.05, 4.69) is 0 Å². The van der Waals surface area contributed by atoms with Gasteiger partial charge in [0.2, 0.25) is 0 Å². The van der Waals surface area contributed by atoms with Gasteiger partial charge in [-0.1, -0.05) is 32.0 Å². The highest BCUT2D eigenvalue weighted by Gasteiger charge is 2.91. The lowest BCUT2D eigenvalue weighted by atomic mass is 9.93. The van der Waals surface area contributed by atoms with Crippen molar-refractivity contribution < 1.29 is 61.9 Å². The van der Waals surface area contributed by atoms with Crippen LogP contribution in [0.15, 0.2) is 24.3 Å². The van der Waals surface area contributed by atoms with E-state index in [4.69, 9.17) is 0 Å². The standard InChI is InChI=1S/C16H12F13NO/c1-7(2)8-5-3-4-6-9(8)30-10(31)11(17,18)12(19,20)13(21,22)14(23,24)15(25,26)16(27,28)29/h3-7H,1-2H3,(H,30,31). The van der Waals surface area contributed by atoms with Gasteiger partial charge in [-0.2, -0.15) is 57.1 Å². The lowest BCUT2D eigenvalue weighted by Crippen LogP contribution is -2.71. The molecule has 0 saturated heterocycles. The normalized spacial score (nSPS) is 14.7. The first-order valence-electron chi connectivity index (χ1n) is 7.93. The molecule has 0 fully saturated rings. The van der Waals surface area contributed by atoms with Gasteiger partial charge >= 0.3 is 41.7 Å². The predicted octanol–water partition coefficient (Wildman–Crippen LogP) is 6.49. The molecular formula is C16H12F13NO. The summed E-state index contributed by atoms with van der Waals surface area (Å²) in [6.07, 6.45) is -7.51. The van der Waals surface area contributed by atoms with E-state index in [0.717, 1.165) is 17.4 Å². The third-order valence-corrected chi connectivity index (χ3v) is 4.05. The SMILES string of the molecule is CC(C)c1ccccc1NC(=O)C(F)(F)C(F)(F)C(F)(F)C(F)(F)C(F)(F)C(F)(F)F. The molecule has 1 rings (SSSR count). The number of hydrogen-bond acceptors (Lipinski definition) is 1. The molecule has 1 N–H and O–H groups in total. The van der Waals surface area contributed by atoms with E-state index in [1.54, 1.807) is 0 Å². The van der Waals surface area contributed by atoms with E-state index < -0.39 is 53.3 Å². The molecule has 31 heavy (non-hydrogen) atoms. The van der Waals surface area contributed by atoms with Gasteiger partial charge in [-0.05, 0) is 17.5 Å². The van der Waals surface area contributed by atoms with Gasteiger partial charge in [-0.25, -0.2) is 0 Å². The van der Waals surface area contributed by atoms with E-state index in [1.165, 1.54) is 26.0 Å². The maximum atomic E-state index is 13.8. The number of amides is 1. The summed E-state index contributed by atoms with van der Waals surface area (Å²) in [6.45, 7) is 2.84. The van der Waals surface area contributed by atoms with Crippen LogP contribution in [0.4, 0.5) is 62.8 Å². The fourth-order valence-electron chi connectivity index (χ4n) is 2.23. The molecule has 1 aromatic rings. The Morgan fingerprint density at radius 1 is 0.710 bits per heavy atom. The molecule has 0 saturated carbocycles. The number of rotatable bonds is 7. The first-order valence-corrected chi connectivity index (χ1v) is 7.93. The molecule has 0 bridgehead atoms. The minimum atomic E-state index is -8.05. The maximum absolute atomic E-state index is 13.8. The number of para-hydroxylation sites is 1. The van der Waals surface area contributed by atoms with Crippen LogP contribution < -0.4 is 5.32 Å². The van der Waals surface area contributed by atoms with E-state index >= 15 is 0 Å². The largest absolute Gasteiger partial charge is 0.460 e. The summed E-state index contributed by atoms with van der Waals surface area (Å²) in [6, 6.07) is 4.39. The molecule has 0 aliphatic heterocycles. The molecule has 0 aliphatic carbocycles. The van der Waals surface area contributed by atoms with E-state index in [9.17, 15) is 61.9 Å². The summed E-state index contributed by atoms with van der Waals surface area (Å²) in [5.74, 6) is -42.3. The van der Waals surface area contributed by atoms with Gasteiger partial charge in [0.15, 0.2) is 0 Å². The highest BCUT2D eigenvalue weighted by molar-refractivity contribution is 5.97. The summed E-state index contributed by atoms with van der Waals surface area (Å²) in [5.41, 5.74) is -0.649. The van der Waals surface area contributed by atoms with Crippen molar-refractivity contribution in [2.45, 2.75) is 55.6 Å². The summed E-state index contributed by atoms with van der Waals surface area (Å²) in [4.78, 5) is 11.5. The van der Waals surface area contributed by atoms with Crippen LogP contribution in [0.25, 0.3) is 0 Å². The van der Waals surface area contributed by atoms with Crippen molar-refractivity contribution in [3.8, 4) is 0 Å². The number of halogens is 13. The molecule has 0 radical (unpaired) electrons. The average molecular weight is 481 g/mol. The van der Waals surface area contributed by atoms with Crippen molar-refractivity contribution in [1.29, 1.82) is 0 Å². The zero-order chi connectivity index (χ0) is 24.8. The lowest BCUT2D eigenvalue weighted by Gasteiger charge is -2.39. The van der Waals surface area contributed by atoms with Crippen molar-refractivity contribution in [3.63, 3.8) is 0 Å². The second kappa shape index (κ2) is 7.73. The fourth-order valence-corrected chi connectivity index (χ4v) is 2.23. The number of anilines is 1. The Hall–Kier alpha value is -2.22. The number of nitrogens with one attached hydrogen (secondary N) is 1. The molecule has 0 unspecified atom stereocenters. The molecule has 0 heterocycles. The number of carbonyl (C=O) groups is 1. The Bertz CT molecular complexity index is 814. The second-order valence-electron chi connectivity index (χ2n) is 6.57. The monoisotopic (exact) mass is 481 g/mol. The van der Waals surface area contributed by atoms with E-state index in [0.29, 0.717) is 0 Å². The average Bonchev–Trinajstić information content (AvgIpc) is 2.60. The van der Waals surface area contributed by atoms with Crippen LogP contribution in [0, 0.1) is 0 Å². The van der Waals surface area contributed by atoms with Crippen LogP contribution in [-0.2, 0) is 4.79 Å². The molecular weight excluding hydrogens is 469 g/mol. The summed E-state index contributed by atoms with van der Waals surface area (Å²) < 4.78 is 170. The molecule has 15 heteroatoms. The number of alkyl halides is 13. The number of carbonyl (C=O) groups excluding carboxylic acids is 1. The lowest BCUT2D eigenvalue weighted by molar-refractivity contribution is -0.435. The Labute approximate surface area is 165 Å². The van der Waals surface area contributed by atoms with Crippen molar-refractivity contribution >= 4 is 11.6 Å². The Balaban J connectivity index is 3.45. The van der Waals surface area contributed by atoms with Crippen LogP contribution in [0.5, 0.6) is 0 Å². The zero-order valence-corrected chi connectivity index (χ0v) is 15.2. The van der Waals surface area contributed by atoms with E-state index in [-0.39, 0.29) is 5.56 Å². The van der Waals surface area contributed by atoms with Crippen molar-refractivity contribution in [2.24, 2.45) is 0 Å². The molecule has 0 atom stereocenters. The van der Waals surface area contributed by atoms with Crippen molar-refractivity contribution in [1.82, 2.24) is 0 Å². The minimum absolute atomic E-state index is 0.00402. The first kappa shape index (κ1) is 26.8. The predicted molar refractivity (Wildman–Crippen MR) is 80.0 cm³/mol. The van der Waals surface area contributed by atoms with Crippen LogP contribution in [0.3, 0.4) is 0 Å². The number of hydrogen-bond donors (Lipinski definition) is 1. The summed E-state index contributed by atoms with van der Waals surface area (Å²) in [7, 11) is 0. The van der Waals surface area contributed by atoms with Gasteiger partial charge in [-0.15, -0.1) is 0 Å². The molecule has 2 nitrogen and oxygen atoms in total. The smallest absolute Gasteiger partial charge is 0.320 e. The number of benzene rings is 1. The second-order valence-corrected chi connectivity index (χ2v) is 6.57. The zero-order valence-electron chi connectivity index (χ0n) is 15.2. The van der Waals surface area contributed by atoms with Gasteiger partial charge in [0, 0.05) is 5.69 Å². The van der Waals surface area contributed by atoms with Crippen molar-refractivity contribution in [3.05, 3.63) is 29.8 Å². The molecule has 178 valence electrons. The molecule has 0 aliphatic rings. The maximum Gasteiger partial charge on any atom is 0.460 e. The Kier molecular flexibility index (Phi) is 6.68. The highest BCUT2D eigenvalue weighted by atomic mass is 19.4. The quantitative estimate of drug-likeness (QED) is 0.444. The minimum Gasteiger partial charge on any atom is -0.320 e. The Morgan fingerprint density at radius 2 is 1.13 bits per heavy atom. The topological polar surface area (TPSA) is 29.1 Å². The van der Waals surface area contributed by atoms with Gasteiger partial charge in [0.1, 0.15) is 0 Å². The third kappa shape index (κ3) is 4.02. The summed E-state index contributed by atoms with van der Waals surface area (Å²) in [5, 5.41) is 1.07. The van der Waals surface area contributed by atoms with Crippen LogP contribution >= 0.6 is 0 Å². The molecule has 0 spiro atoms.